The molecular formula is C23H28N4OS. The van der Waals surface area contributed by atoms with E-state index in [0.29, 0.717) is 0 Å². The van der Waals surface area contributed by atoms with Gasteiger partial charge in [0.05, 0.1) is 16.3 Å². The highest BCUT2D eigenvalue weighted by molar-refractivity contribution is 7.20. The number of piperazine rings is 1. The zero-order valence-corrected chi connectivity index (χ0v) is 18.0. The van der Waals surface area contributed by atoms with Crippen molar-refractivity contribution in [2.75, 3.05) is 26.2 Å². The number of benzene rings is 1. The molecule has 2 aromatic heterocycles. The Hall–Kier alpha value is -2.18. The molecule has 5 nitrogen and oxygen atoms in total. The Morgan fingerprint density at radius 2 is 1.72 bits per heavy atom. The van der Waals surface area contributed by atoms with Gasteiger partial charge in [0.15, 0.2) is 0 Å². The highest BCUT2D eigenvalue weighted by Gasteiger charge is 2.29. The van der Waals surface area contributed by atoms with Crippen LogP contribution < -0.4 is 0 Å². The molecule has 2 fully saturated rings. The topological polar surface area (TPSA) is 41.4 Å². The molecular weight excluding hydrogens is 380 g/mol. The van der Waals surface area contributed by atoms with Crippen LogP contribution in [0.1, 0.15) is 46.6 Å². The second kappa shape index (κ2) is 7.58. The fraction of sp³-hybridized carbons (Fsp3) is 0.478. The number of carbonyl (C=O) groups excluding carboxylic acids is 1. The number of aromatic nitrogens is 2. The first-order valence-corrected chi connectivity index (χ1v) is 11.5. The van der Waals surface area contributed by atoms with Crippen molar-refractivity contribution >= 4 is 27.5 Å². The maximum absolute atomic E-state index is 13.2. The molecule has 1 saturated carbocycles. The number of thiophene rings is 1. The van der Waals surface area contributed by atoms with E-state index in [9.17, 15) is 4.79 Å². The van der Waals surface area contributed by atoms with Gasteiger partial charge >= 0.3 is 0 Å². The third kappa shape index (κ3) is 3.49. The van der Waals surface area contributed by atoms with Crippen molar-refractivity contribution in [3.63, 3.8) is 0 Å². The van der Waals surface area contributed by atoms with Crippen LogP contribution in [0, 0.1) is 13.8 Å². The van der Waals surface area contributed by atoms with Crippen molar-refractivity contribution in [3.05, 3.63) is 46.5 Å². The second-order valence-corrected chi connectivity index (χ2v) is 9.46. The van der Waals surface area contributed by atoms with E-state index in [-0.39, 0.29) is 5.91 Å². The van der Waals surface area contributed by atoms with E-state index in [1.165, 1.54) is 31.2 Å². The number of amides is 1. The maximum atomic E-state index is 13.2. The largest absolute Gasteiger partial charge is 0.335 e. The molecule has 1 saturated heterocycles. The Kier molecular flexibility index (Phi) is 4.92. The molecule has 0 unspecified atom stereocenters. The van der Waals surface area contributed by atoms with Gasteiger partial charge in [0.1, 0.15) is 4.83 Å². The fourth-order valence-electron chi connectivity index (χ4n) is 4.73. The molecule has 5 rings (SSSR count). The smallest absolute Gasteiger partial charge is 0.264 e. The lowest BCUT2D eigenvalue weighted by Crippen LogP contribution is -2.51. The number of carbonyl (C=O) groups is 1. The minimum Gasteiger partial charge on any atom is -0.335 e. The van der Waals surface area contributed by atoms with Gasteiger partial charge in [-0.3, -0.25) is 9.69 Å². The standard InChI is InChI=1S/C23H28N4OS/c1-16-7-9-19(10-8-16)27-23-20(17(2)24-27)15-21(29-23)22(28)26-13-11-25(12-14-26)18-5-3-4-6-18/h7-10,15,18H,3-6,11-14H2,1-2H3. The SMILES string of the molecule is Cc1ccc(-n2nc(C)c3cc(C(=O)N4CCN(C5CCCC5)CC4)sc32)cc1. The summed E-state index contributed by atoms with van der Waals surface area (Å²) in [5.74, 6) is 0.173. The quantitative estimate of drug-likeness (QED) is 0.645. The van der Waals surface area contributed by atoms with E-state index in [4.69, 9.17) is 5.10 Å². The fourth-order valence-corrected chi connectivity index (χ4v) is 5.88. The van der Waals surface area contributed by atoms with Gasteiger partial charge in [-0.15, -0.1) is 11.3 Å². The molecule has 29 heavy (non-hydrogen) atoms. The van der Waals surface area contributed by atoms with E-state index in [2.05, 4.69) is 36.1 Å². The molecule has 0 radical (unpaired) electrons. The third-order valence-electron chi connectivity index (χ3n) is 6.48. The average Bonchev–Trinajstić information content (AvgIpc) is 3.47. The highest BCUT2D eigenvalue weighted by atomic mass is 32.1. The van der Waals surface area contributed by atoms with Crippen LogP contribution in [0.2, 0.25) is 0 Å². The van der Waals surface area contributed by atoms with Crippen LogP contribution in [0.25, 0.3) is 15.9 Å². The van der Waals surface area contributed by atoms with E-state index >= 15 is 0 Å². The summed E-state index contributed by atoms with van der Waals surface area (Å²) in [6.45, 7) is 7.81. The molecule has 1 aliphatic heterocycles. The van der Waals surface area contributed by atoms with E-state index in [1.807, 2.05) is 22.6 Å². The van der Waals surface area contributed by atoms with Crippen LogP contribution in [-0.4, -0.2) is 57.7 Å². The van der Waals surface area contributed by atoms with Crippen LogP contribution in [0.15, 0.2) is 30.3 Å². The van der Waals surface area contributed by atoms with Gasteiger partial charge in [-0.05, 0) is 44.9 Å². The number of hydrogen-bond acceptors (Lipinski definition) is 4. The summed E-state index contributed by atoms with van der Waals surface area (Å²) in [6, 6.07) is 11.2. The summed E-state index contributed by atoms with van der Waals surface area (Å²) >= 11 is 1.57. The summed E-state index contributed by atoms with van der Waals surface area (Å²) in [5.41, 5.74) is 3.24. The van der Waals surface area contributed by atoms with Crippen LogP contribution in [-0.2, 0) is 0 Å². The molecule has 3 aromatic rings. The molecule has 1 amide bonds. The third-order valence-corrected chi connectivity index (χ3v) is 7.58. The number of rotatable bonds is 3. The summed E-state index contributed by atoms with van der Waals surface area (Å²) < 4.78 is 1.98. The van der Waals surface area contributed by atoms with Gasteiger partial charge in [-0.1, -0.05) is 30.5 Å². The van der Waals surface area contributed by atoms with E-state index in [0.717, 1.165) is 58.7 Å². The summed E-state index contributed by atoms with van der Waals surface area (Å²) in [5, 5.41) is 5.80. The first kappa shape index (κ1) is 18.8. The van der Waals surface area contributed by atoms with Gasteiger partial charge in [0.2, 0.25) is 0 Å². The van der Waals surface area contributed by atoms with Crippen LogP contribution in [0.4, 0.5) is 0 Å². The maximum Gasteiger partial charge on any atom is 0.264 e. The first-order chi connectivity index (χ1) is 14.1. The zero-order valence-electron chi connectivity index (χ0n) is 17.2. The van der Waals surface area contributed by atoms with E-state index < -0.39 is 0 Å². The number of nitrogens with zero attached hydrogens (tertiary/aromatic N) is 4. The van der Waals surface area contributed by atoms with Crippen LogP contribution >= 0.6 is 11.3 Å². The van der Waals surface area contributed by atoms with Gasteiger partial charge < -0.3 is 4.90 Å². The minimum atomic E-state index is 0.173. The predicted octanol–water partition coefficient (Wildman–Crippen LogP) is 4.40. The number of aryl methyl sites for hydroxylation is 2. The Balaban J connectivity index is 1.36. The lowest BCUT2D eigenvalue weighted by atomic mass is 10.2. The molecule has 0 spiro atoms. The van der Waals surface area contributed by atoms with Gasteiger partial charge in [0.25, 0.3) is 5.91 Å². The minimum absolute atomic E-state index is 0.173. The predicted molar refractivity (Wildman–Crippen MR) is 118 cm³/mol. The Bertz CT molecular complexity index is 1020. The summed E-state index contributed by atoms with van der Waals surface area (Å²) in [7, 11) is 0. The van der Waals surface area contributed by atoms with Crippen molar-refractivity contribution in [2.24, 2.45) is 0 Å². The summed E-state index contributed by atoms with van der Waals surface area (Å²) in [6.07, 6.45) is 5.39. The second-order valence-electron chi connectivity index (χ2n) is 8.43. The lowest BCUT2D eigenvalue weighted by molar-refractivity contribution is 0.0578. The van der Waals surface area contributed by atoms with Crippen molar-refractivity contribution in [1.29, 1.82) is 0 Å². The lowest BCUT2D eigenvalue weighted by Gasteiger charge is -2.37. The molecule has 0 N–H and O–H groups in total. The molecule has 3 heterocycles. The number of hydrogen-bond donors (Lipinski definition) is 0. The van der Waals surface area contributed by atoms with Crippen molar-refractivity contribution in [1.82, 2.24) is 19.6 Å². The molecule has 1 aromatic carbocycles. The van der Waals surface area contributed by atoms with Crippen LogP contribution in [0.5, 0.6) is 0 Å². The van der Waals surface area contributed by atoms with Crippen molar-refractivity contribution < 1.29 is 4.79 Å². The first-order valence-electron chi connectivity index (χ1n) is 10.7. The van der Waals surface area contributed by atoms with Gasteiger partial charge in [0, 0.05) is 37.6 Å². The van der Waals surface area contributed by atoms with Crippen molar-refractivity contribution in [2.45, 2.75) is 45.6 Å². The summed E-state index contributed by atoms with van der Waals surface area (Å²) in [4.78, 5) is 19.7. The van der Waals surface area contributed by atoms with Gasteiger partial charge in [-0.25, -0.2) is 4.68 Å². The average molecular weight is 409 g/mol. The highest BCUT2D eigenvalue weighted by Crippen LogP contribution is 2.32. The Morgan fingerprint density at radius 1 is 1.03 bits per heavy atom. The molecule has 6 heteroatoms. The Morgan fingerprint density at radius 3 is 2.41 bits per heavy atom. The molecule has 0 bridgehead atoms. The molecule has 152 valence electrons. The monoisotopic (exact) mass is 408 g/mol. The zero-order chi connectivity index (χ0) is 20.0. The molecule has 1 aliphatic carbocycles. The number of fused-ring (bicyclic) bond motifs is 1. The van der Waals surface area contributed by atoms with Crippen LogP contribution in [0.3, 0.4) is 0 Å². The van der Waals surface area contributed by atoms with Crippen molar-refractivity contribution in [3.8, 4) is 5.69 Å². The Labute approximate surface area is 175 Å². The normalized spacial score (nSPS) is 18.8. The van der Waals surface area contributed by atoms with E-state index in [1.54, 1.807) is 11.3 Å². The molecule has 2 aliphatic rings. The molecule has 0 atom stereocenters. The van der Waals surface area contributed by atoms with Gasteiger partial charge in [-0.2, -0.15) is 5.10 Å².